The summed E-state index contributed by atoms with van der Waals surface area (Å²) in [6.07, 6.45) is 11.6. The number of allylic oxidation sites excluding steroid dienone is 2. The summed E-state index contributed by atoms with van der Waals surface area (Å²) < 4.78 is 0. The van der Waals surface area contributed by atoms with E-state index >= 15 is 0 Å². The topological polar surface area (TPSA) is 57.5 Å². The number of fused-ring (bicyclic) bond motifs is 4. The normalized spacial score (nSPS) is 44.9. The molecular weight excluding hydrogens is 384 g/mol. The Hall–Kier alpha value is -0.830. The van der Waals surface area contributed by atoms with Crippen LogP contribution < -0.4 is 0 Å². The maximum atomic E-state index is 11.0. The van der Waals surface area contributed by atoms with E-state index in [-0.39, 0.29) is 16.9 Å². The Labute approximate surface area is 190 Å². The Bertz CT molecular complexity index is 766. The number of carbonyl (C=O) groups is 1. The van der Waals surface area contributed by atoms with Crippen molar-refractivity contribution in [3.63, 3.8) is 0 Å². The molecule has 0 aromatic carbocycles. The summed E-state index contributed by atoms with van der Waals surface area (Å²) in [5.74, 6) is 1.23. The van der Waals surface area contributed by atoms with Gasteiger partial charge in [0.05, 0.1) is 6.10 Å². The van der Waals surface area contributed by atoms with Crippen LogP contribution in [0.1, 0.15) is 112 Å². The van der Waals surface area contributed by atoms with E-state index in [0.717, 1.165) is 25.7 Å². The van der Waals surface area contributed by atoms with Gasteiger partial charge in [-0.1, -0.05) is 52.7 Å². The smallest absolute Gasteiger partial charge is 0.303 e. The maximum Gasteiger partial charge on any atom is 0.303 e. The minimum atomic E-state index is -0.660. The molecule has 7 atom stereocenters. The van der Waals surface area contributed by atoms with Gasteiger partial charge in [-0.2, -0.15) is 0 Å². The number of carboxylic acid groups (broad SMARTS) is 1. The highest BCUT2D eigenvalue weighted by Gasteiger charge is 2.63. The van der Waals surface area contributed by atoms with Gasteiger partial charge >= 0.3 is 5.97 Å². The van der Waals surface area contributed by atoms with Crippen LogP contribution in [0.3, 0.4) is 0 Å². The fraction of sp³-hybridized carbons (Fsp3) is 0.893. The fourth-order valence-electron chi connectivity index (χ4n) is 9.41. The van der Waals surface area contributed by atoms with Gasteiger partial charge in [-0.05, 0) is 104 Å². The van der Waals surface area contributed by atoms with Crippen LogP contribution in [0.2, 0.25) is 0 Å². The Morgan fingerprint density at radius 1 is 1.00 bits per heavy atom. The molecule has 2 saturated carbocycles. The van der Waals surface area contributed by atoms with Crippen molar-refractivity contribution < 1.29 is 15.0 Å². The van der Waals surface area contributed by atoms with Gasteiger partial charge in [-0.25, -0.2) is 0 Å². The van der Waals surface area contributed by atoms with Crippen LogP contribution in [0.4, 0.5) is 0 Å². The molecule has 0 radical (unpaired) electrons. The fourth-order valence-corrected chi connectivity index (χ4v) is 9.41. The quantitative estimate of drug-likeness (QED) is 0.462. The third-order valence-electron chi connectivity index (χ3n) is 11.5. The first-order valence-corrected chi connectivity index (χ1v) is 13.0. The second kappa shape index (κ2) is 7.61. The lowest BCUT2D eigenvalue weighted by Gasteiger charge is -2.62. The first-order valence-electron chi connectivity index (χ1n) is 13.0. The van der Waals surface area contributed by atoms with Crippen LogP contribution in [-0.4, -0.2) is 22.3 Å². The highest BCUT2D eigenvalue weighted by Crippen LogP contribution is 2.72. The molecular formula is C28H46O3. The van der Waals surface area contributed by atoms with Gasteiger partial charge in [-0.3, -0.25) is 4.79 Å². The molecule has 3 heteroatoms. The first-order chi connectivity index (χ1) is 14.4. The van der Waals surface area contributed by atoms with E-state index in [9.17, 15) is 9.90 Å². The molecule has 0 spiro atoms. The van der Waals surface area contributed by atoms with Crippen LogP contribution in [0.25, 0.3) is 0 Å². The summed E-state index contributed by atoms with van der Waals surface area (Å²) in [5.41, 5.74) is 4.47. The third-order valence-corrected chi connectivity index (χ3v) is 11.5. The number of rotatable bonds is 5. The average Bonchev–Trinajstić information content (AvgIpc) is 2.96. The lowest BCUT2D eigenvalue weighted by atomic mass is 9.43. The molecule has 0 heterocycles. The monoisotopic (exact) mass is 430 g/mol. The second-order valence-corrected chi connectivity index (χ2v) is 13.0. The van der Waals surface area contributed by atoms with E-state index < -0.39 is 5.97 Å². The van der Waals surface area contributed by atoms with Crippen LogP contribution in [-0.2, 0) is 4.79 Å². The highest BCUT2D eigenvalue weighted by molar-refractivity contribution is 5.66. The molecule has 0 amide bonds. The van der Waals surface area contributed by atoms with Crippen molar-refractivity contribution in [3.8, 4) is 0 Å². The summed E-state index contributed by atoms with van der Waals surface area (Å²) in [6, 6.07) is 0. The van der Waals surface area contributed by atoms with Gasteiger partial charge in [0.15, 0.2) is 0 Å². The predicted octanol–water partition coefficient (Wildman–Crippen LogP) is 6.99. The Morgan fingerprint density at radius 3 is 2.39 bits per heavy atom. The molecule has 3 nitrogen and oxygen atoms in total. The van der Waals surface area contributed by atoms with Gasteiger partial charge in [-0.15, -0.1) is 0 Å². The van der Waals surface area contributed by atoms with E-state index in [0.29, 0.717) is 35.0 Å². The Kier molecular flexibility index (Phi) is 5.72. The number of aliphatic hydroxyl groups excluding tert-OH is 1. The molecule has 31 heavy (non-hydrogen) atoms. The molecule has 0 saturated heterocycles. The SMILES string of the molecule is C[C@H](CCCC(=O)O)[C@H]1CC[C@@]2(C)C3=C(CC[C@]12C)[C@@]1(C)CC[C@H](O)C(C)(C)[C@@H]1CC3. The van der Waals surface area contributed by atoms with E-state index in [1.54, 1.807) is 11.1 Å². The Morgan fingerprint density at radius 2 is 1.71 bits per heavy atom. The number of hydrogen-bond donors (Lipinski definition) is 2. The maximum absolute atomic E-state index is 11.0. The van der Waals surface area contributed by atoms with Crippen molar-refractivity contribution in [2.45, 2.75) is 118 Å². The zero-order valence-electron chi connectivity index (χ0n) is 20.9. The largest absolute Gasteiger partial charge is 0.481 e. The van der Waals surface area contributed by atoms with Crippen LogP contribution in [0, 0.1) is 39.4 Å². The third kappa shape index (κ3) is 3.27. The van der Waals surface area contributed by atoms with E-state index in [1.165, 1.54) is 38.5 Å². The molecule has 4 rings (SSSR count). The van der Waals surface area contributed by atoms with Gasteiger partial charge in [0.2, 0.25) is 0 Å². The van der Waals surface area contributed by atoms with E-state index in [1.807, 2.05) is 0 Å². The summed E-state index contributed by atoms with van der Waals surface area (Å²) in [7, 11) is 0. The summed E-state index contributed by atoms with van der Waals surface area (Å²) >= 11 is 0. The molecule has 176 valence electrons. The van der Waals surface area contributed by atoms with Crippen molar-refractivity contribution in [1.82, 2.24) is 0 Å². The number of aliphatic carboxylic acids is 1. The number of aliphatic hydroxyl groups is 1. The van der Waals surface area contributed by atoms with Crippen molar-refractivity contribution >= 4 is 5.97 Å². The second-order valence-electron chi connectivity index (χ2n) is 13.0. The zero-order valence-corrected chi connectivity index (χ0v) is 20.9. The minimum Gasteiger partial charge on any atom is -0.481 e. The minimum absolute atomic E-state index is 0.00402. The molecule has 0 bridgehead atoms. The van der Waals surface area contributed by atoms with E-state index in [2.05, 4.69) is 41.5 Å². The average molecular weight is 431 g/mol. The van der Waals surface area contributed by atoms with Crippen molar-refractivity contribution in [2.24, 2.45) is 39.4 Å². The molecule has 4 aliphatic rings. The predicted molar refractivity (Wildman–Crippen MR) is 126 cm³/mol. The van der Waals surface area contributed by atoms with Gasteiger partial charge in [0, 0.05) is 6.42 Å². The Balaban J connectivity index is 1.63. The summed E-state index contributed by atoms with van der Waals surface area (Å²) in [4.78, 5) is 11.0. The highest BCUT2D eigenvalue weighted by atomic mass is 16.4. The molecule has 2 fully saturated rings. The van der Waals surface area contributed by atoms with Crippen LogP contribution in [0.15, 0.2) is 11.1 Å². The number of carboxylic acids is 1. The molecule has 0 unspecified atom stereocenters. The molecule has 0 aromatic rings. The van der Waals surface area contributed by atoms with E-state index in [4.69, 9.17) is 5.11 Å². The summed E-state index contributed by atoms with van der Waals surface area (Å²) in [5, 5.41) is 19.8. The van der Waals surface area contributed by atoms with Crippen molar-refractivity contribution in [3.05, 3.63) is 11.1 Å². The zero-order chi connectivity index (χ0) is 22.8. The van der Waals surface area contributed by atoms with Gasteiger partial charge in [0.25, 0.3) is 0 Å². The van der Waals surface area contributed by atoms with Gasteiger partial charge < -0.3 is 10.2 Å². The number of hydrogen-bond acceptors (Lipinski definition) is 2. The molecule has 4 aliphatic carbocycles. The molecule has 2 N–H and O–H groups in total. The molecule has 0 aliphatic heterocycles. The lowest BCUT2D eigenvalue weighted by Crippen LogP contribution is -2.55. The lowest BCUT2D eigenvalue weighted by molar-refractivity contribution is -0.137. The first kappa shape index (κ1) is 23.3. The van der Waals surface area contributed by atoms with Crippen LogP contribution >= 0.6 is 0 Å². The molecule has 0 aromatic heterocycles. The standard InChI is InChI=1S/C28H46O3/c1-18(8-7-9-24(30)31)19-12-16-28(6)21-10-11-22-25(2,3)23(29)14-15-26(22,4)20(21)13-17-27(19,28)5/h18-19,22-23,29H,7-17H2,1-6H3,(H,30,31)/t18-,19-,22+,23+,26-,27-,28+/m1/s1. The summed E-state index contributed by atoms with van der Waals surface area (Å²) in [6.45, 7) is 14.7. The van der Waals surface area contributed by atoms with Crippen molar-refractivity contribution in [2.75, 3.05) is 0 Å². The van der Waals surface area contributed by atoms with Crippen molar-refractivity contribution in [1.29, 1.82) is 0 Å². The van der Waals surface area contributed by atoms with Crippen LogP contribution in [0.5, 0.6) is 0 Å². The van der Waals surface area contributed by atoms with Gasteiger partial charge in [0.1, 0.15) is 0 Å².